The Bertz CT molecular complexity index is 195. The molecule has 0 radical (unpaired) electrons. The van der Waals surface area contributed by atoms with Gasteiger partial charge >= 0.3 is 7.75 Å². The van der Waals surface area contributed by atoms with Gasteiger partial charge in [-0.3, -0.25) is 9.05 Å². The number of thiol groups is 1. The van der Waals surface area contributed by atoms with Crippen molar-refractivity contribution < 1.29 is 18.3 Å². The van der Waals surface area contributed by atoms with Crippen molar-refractivity contribution >= 4 is 20.4 Å². The van der Waals surface area contributed by atoms with Crippen molar-refractivity contribution in [1.82, 2.24) is 5.09 Å². The average Bonchev–Trinajstić information content (AvgIpc) is 2.15. The first-order chi connectivity index (χ1) is 7.08. The molecule has 0 aromatic rings. The normalized spacial score (nSPS) is 14.1. The lowest BCUT2D eigenvalue weighted by Gasteiger charge is -2.21. The lowest BCUT2D eigenvalue weighted by molar-refractivity contribution is 0.154. The molecule has 0 aromatic carbocycles. The van der Waals surface area contributed by atoms with Crippen LogP contribution < -0.4 is 5.09 Å². The fraction of sp³-hybridized carbons (Fsp3) is 1.00. The second-order valence-electron chi connectivity index (χ2n) is 2.86. The van der Waals surface area contributed by atoms with E-state index >= 15 is 0 Å². The predicted octanol–water partition coefficient (Wildman–Crippen LogP) is 2.05. The fourth-order valence-corrected chi connectivity index (χ4v) is 2.61. The molecule has 0 aliphatic heterocycles. The Labute approximate surface area is 96.9 Å². The molecule has 0 bridgehead atoms. The van der Waals surface area contributed by atoms with E-state index in [0.29, 0.717) is 25.8 Å². The van der Waals surface area contributed by atoms with E-state index in [-0.39, 0.29) is 6.04 Å². The maximum atomic E-state index is 12.0. The van der Waals surface area contributed by atoms with Crippen LogP contribution in [0.25, 0.3) is 0 Å². The van der Waals surface area contributed by atoms with Crippen LogP contribution in [-0.4, -0.2) is 31.8 Å². The van der Waals surface area contributed by atoms with E-state index < -0.39 is 7.75 Å². The number of hydrogen-bond acceptors (Lipinski definition) is 5. The topological polar surface area (TPSA) is 56.8 Å². The minimum absolute atomic E-state index is 0.110. The van der Waals surface area contributed by atoms with Gasteiger partial charge in [0.2, 0.25) is 0 Å². The maximum absolute atomic E-state index is 12.0. The number of nitrogens with one attached hydrogen (secondary N) is 1. The highest BCUT2D eigenvalue weighted by Gasteiger charge is 2.25. The van der Waals surface area contributed by atoms with Crippen molar-refractivity contribution in [3.63, 3.8) is 0 Å². The van der Waals surface area contributed by atoms with E-state index in [1.807, 2.05) is 6.92 Å². The molecule has 0 spiro atoms. The van der Waals surface area contributed by atoms with Crippen LogP contribution >= 0.6 is 20.4 Å². The summed E-state index contributed by atoms with van der Waals surface area (Å²) in [4.78, 5) is 0. The lowest BCUT2D eigenvalue weighted by atomic mass is 10.4. The molecule has 0 amide bonds. The third-order valence-corrected chi connectivity index (χ3v) is 3.57. The molecule has 7 heteroatoms. The molecule has 1 atom stereocenters. The molecule has 0 aliphatic carbocycles. The number of rotatable bonds is 9. The van der Waals surface area contributed by atoms with Crippen LogP contribution in [0.1, 0.15) is 20.8 Å². The number of hydrogen-bond donors (Lipinski definition) is 2. The Morgan fingerprint density at radius 3 is 2.27 bits per heavy atom. The Morgan fingerprint density at radius 2 is 1.87 bits per heavy atom. The van der Waals surface area contributed by atoms with Crippen LogP contribution in [0.2, 0.25) is 0 Å². The summed E-state index contributed by atoms with van der Waals surface area (Å²) in [6.45, 7) is 6.46. The first-order valence-corrected chi connectivity index (χ1v) is 7.11. The molecule has 0 heterocycles. The van der Waals surface area contributed by atoms with E-state index in [1.54, 1.807) is 13.8 Å². The van der Waals surface area contributed by atoms with Gasteiger partial charge in [0, 0.05) is 6.04 Å². The van der Waals surface area contributed by atoms with Gasteiger partial charge in [-0.1, -0.05) is 0 Å². The first kappa shape index (κ1) is 15.4. The molecular formula is C8H20NO4PS. The van der Waals surface area contributed by atoms with Gasteiger partial charge in [0.1, 0.15) is 0 Å². The smallest absolute Gasteiger partial charge is 0.369 e. The van der Waals surface area contributed by atoms with Gasteiger partial charge in [-0.15, -0.1) is 0 Å². The molecule has 0 fully saturated rings. The van der Waals surface area contributed by atoms with E-state index in [4.69, 9.17) is 13.8 Å². The van der Waals surface area contributed by atoms with Crippen LogP contribution in [0, 0.1) is 0 Å². The molecule has 15 heavy (non-hydrogen) atoms. The molecular weight excluding hydrogens is 237 g/mol. The quantitative estimate of drug-likeness (QED) is 0.376. The molecule has 1 N–H and O–H groups in total. The van der Waals surface area contributed by atoms with E-state index in [2.05, 4.69) is 17.7 Å². The summed E-state index contributed by atoms with van der Waals surface area (Å²) in [5.41, 5.74) is 0. The highest BCUT2D eigenvalue weighted by atomic mass is 32.1. The van der Waals surface area contributed by atoms with Crippen molar-refractivity contribution in [3.8, 4) is 0 Å². The Kier molecular flexibility index (Phi) is 8.80. The van der Waals surface area contributed by atoms with Gasteiger partial charge < -0.3 is 4.74 Å². The monoisotopic (exact) mass is 257 g/mol. The summed E-state index contributed by atoms with van der Waals surface area (Å²) in [6, 6.07) is -0.110. The SMILES string of the molecule is CCOP(=O)(N[C@@H](C)COCS)OCC. The summed E-state index contributed by atoms with van der Waals surface area (Å²) in [7, 11) is -3.17. The summed E-state index contributed by atoms with van der Waals surface area (Å²) in [6.07, 6.45) is 0. The van der Waals surface area contributed by atoms with E-state index in [9.17, 15) is 4.57 Å². The molecule has 0 rings (SSSR count). The van der Waals surface area contributed by atoms with Gasteiger partial charge in [-0.2, -0.15) is 12.6 Å². The molecule has 0 aromatic heterocycles. The second-order valence-corrected chi connectivity index (χ2v) is 4.89. The minimum atomic E-state index is -3.17. The standard InChI is InChI=1S/C8H20NO4PS/c1-4-12-14(10,13-5-2)9-8(3)6-11-7-15/h8,15H,4-7H2,1-3H3,(H,9,10)/t8-/m0/s1. The van der Waals surface area contributed by atoms with Crippen molar-refractivity contribution in [2.24, 2.45) is 0 Å². The molecule has 0 unspecified atom stereocenters. The van der Waals surface area contributed by atoms with Gasteiger partial charge in [-0.05, 0) is 20.8 Å². The largest absolute Gasteiger partial charge is 0.405 e. The van der Waals surface area contributed by atoms with E-state index in [1.165, 1.54) is 0 Å². The summed E-state index contributed by atoms with van der Waals surface area (Å²) in [5.74, 6) is 0.333. The molecule has 0 saturated carbocycles. The van der Waals surface area contributed by atoms with Crippen molar-refractivity contribution in [3.05, 3.63) is 0 Å². The highest BCUT2D eigenvalue weighted by molar-refractivity contribution is 7.80. The molecule has 92 valence electrons. The zero-order valence-electron chi connectivity index (χ0n) is 9.43. The van der Waals surface area contributed by atoms with Crippen molar-refractivity contribution in [2.75, 3.05) is 25.8 Å². The van der Waals surface area contributed by atoms with Gasteiger partial charge in [0.25, 0.3) is 0 Å². The predicted molar refractivity (Wildman–Crippen MR) is 63.3 cm³/mol. The third-order valence-electron chi connectivity index (χ3n) is 1.44. The summed E-state index contributed by atoms with van der Waals surface area (Å²) in [5, 5.41) is 2.78. The minimum Gasteiger partial charge on any atom is -0.369 e. The van der Waals surface area contributed by atoms with Crippen LogP contribution in [0.3, 0.4) is 0 Å². The maximum Gasteiger partial charge on any atom is 0.405 e. The fourth-order valence-electron chi connectivity index (χ4n) is 0.988. The zero-order valence-corrected chi connectivity index (χ0v) is 11.2. The summed E-state index contributed by atoms with van der Waals surface area (Å²) >= 11 is 3.91. The number of ether oxygens (including phenoxy) is 1. The first-order valence-electron chi connectivity index (χ1n) is 4.93. The van der Waals surface area contributed by atoms with Gasteiger partial charge in [-0.25, -0.2) is 9.65 Å². The third kappa shape index (κ3) is 7.33. The molecule has 0 saturated heterocycles. The average molecular weight is 257 g/mol. The second kappa shape index (κ2) is 8.56. The van der Waals surface area contributed by atoms with E-state index in [0.717, 1.165) is 0 Å². The zero-order chi connectivity index (χ0) is 11.7. The van der Waals surface area contributed by atoms with Crippen LogP contribution in [0.5, 0.6) is 0 Å². The Morgan fingerprint density at radius 1 is 1.33 bits per heavy atom. The van der Waals surface area contributed by atoms with Crippen molar-refractivity contribution in [2.45, 2.75) is 26.8 Å². The Hall–Kier alpha value is 0.420. The van der Waals surface area contributed by atoms with Crippen LogP contribution in [0.15, 0.2) is 0 Å². The summed E-state index contributed by atoms with van der Waals surface area (Å²) < 4.78 is 27.2. The van der Waals surface area contributed by atoms with Crippen LogP contribution in [0.4, 0.5) is 0 Å². The highest BCUT2D eigenvalue weighted by Crippen LogP contribution is 2.43. The molecule has 5 nitrogen and oxygen atoms in total. The molecule has 0 aliphatic rings. The van der Waals surface area contributed by atoms with Gasteiger partial charge in [0.15, 0.2) is 0 Å². The van der Waals surface area contributed by atoms with Crippen LogP contribution in [-0.2, 0) is 18.3 Å². The van der Waals surface area contributed by atoms with Crippen molar-refractivity contribution in [1.29, 1.82) is 0 Å². The lowest BCUT2D eigenvalue weighted by Crippen LogP contribution is -2.29. The van der Waals surface area contributed by atoms with Gasteiger partial charge in [0.05, 0.1) is 25.8 Å². The Balaban J connectivity index is 4.08.